The van der Waals surface area contributed by atoms with Crippen molar-refractivity contribution in [3.05, 3.63) is 9.98 Å². The van der Waals surface area contributed by atoms with Gasteiger partial charge in [-0.15, -0.1) is 11.3 Å². The van der Waals surface area contributed by atoms with Crippen LogP contribution in [-0.2, 0) is 0 Å². The second-order valence-corrected chi connectivity index (χ2v) is 3.08. The third kappa shape index (κ3) is 1.96. The van der Waals surface area contributed by atoms with Gasteiger partial charge in [0.25, 0.3) is 0 Å². The van der Waals surface area contributed by atoms with Crippen LogP contribution >= 0.6 is 27.3 Å². The maximum absolute atomic E-state index is 10.0. The summed E-state index contributed by atoms with van der Waals surface area (Å²) in [6.45, 7) is 0. The molecule has 1 amide bonds. The molecule has 0 fully saturated rings. The van der Waals surface area contributed by atoms with Crippen molar-refractivity contribution >= 4 is 38.5 Å². The van der Waals surface area contributed by atoms with Crippen LogP contribution in [0.25, 0.3) is 0 Å². The monoisotopic (exact) mass is 222 g/mol. The van der Waals surface area contributed by atoms with Gasteiger partial charge in [-0.1, -0.05) is 0 Å². The Hall–Kier alpha value is -0.620. The molecule has 4 nitrogen and oxygen atoms in total. The van der Waals surface area contributed by atoms with Gasteiger partial charge >= 0.3 is 6.09 Å². The minimum atomic E-state index is -1.10. The number of carbonyl (C=O) groups is 1. The summed E-state index contributed by atoms with van der Waals surface area (Å²) in [5.41, 5.74) is 0. The van der Waals surface area contributed by atoms with Crippen molar-refractivity contribution in [1.29, 1.82) is 0 Å². The number of rotatable bonds is 1. The maximum atomic E-state index is 10.0. The number of nitrogens with zero attached hydrogens (tertiary/aromatic N) is 1. The van der Waals surface area contributed by atoms with E-state index in [2.05, 4.69) is 26.2 Å². The Bertz CT molecular complexity index is 249. The van der Waals surface area contributed by atoms with Gasteiger partial charge in [0.1, 0.15) is 4.60 Å². The van der Waals surface area contributed by atoms with E-state index in [1.807, 2.05) is 0 Å². The normalized spacial score (nSPS) is 9.30. The first kappa shape index (κ1) is 7.49. The lowest BCUT2D eigenvalue weighted by Crippen LogP contribution is -2.06. The van der Waals surface area contributed by atoms with Crippen LogP contribution in [0.15, 0.2) is 9.98 Å². The molecule has 0 aromatic carbocycles. The number of hydrogen-bond acceptors (Lipinski definition) is 3. The third-order valence-corrected chi connectivity index (χ3v) is 2.16. The first-order valence-corrected chi connectivity index (χ1v) is 3.97. The van der Waals surface area contributed by atoms with E-state index >= 15 is 0 Å². The first-order chi connectivity index (χ1) is 4.68. The molecule has 10 heavy (non-hydrogen) atoms. The molecule has 0 spiro atoms. The molecule has 0 aliphatic rings. The van der Waals surface area contributed by atoms with Crippen molar-refractivity contribution in [3.8, 4) is 0 Å². The summed E-state index contributed by atoms with van der Waals surface area (Å²) in [5.74, 6) is 0. The van der Waals surface area contributed by atoms with Crippen molar-refractivity contribution in [2.75, 3.05) is 5.32 Å². The summed E-state index contributed by atoms with van der Waals surface area (Å²) in [5, 5.41) is 12.4. The summed E-state index contributed by atoms with van der Waals surface area (Å²) < 4.78 is 0.640. The third-order valence-electron chi connectivity index (χ3n) is 0.690. The Morgan fingerprint density at radius 2 is 2.60 bits per heavy atom. The maximum Gasteiger partial charge on any atom is 0.410 e. The predicted molar refractivity (Wildman–Crippen MR) is 41.5 cm³/mol. The Kier molecular flexibility index (Phi) is 2.23. The zero-order valence-corrected chi connectivity index (χ0v) is 7.07. The van der Waals surface area contributed by atoms with Crippen molar-refractivity contribution < 1.29 is 9.90 Å². The van der Waals surface area contributed by atoms with Gasteiger partial charge in [0, 0.05) is 5.38 Å². The highest BCUT2D eigenvalue weighted by atomic mass is 79.9. The molecule has 0 unspecified atom stereocenters. The van der Waals surface area contributed by atoms with Crippen LogP contribution < -0.4 is 5.32 Å². The lowest BCUT2D eigenvalue weighted by molar-refractivity contribution is 0.209. The van der Waals surface area contributed by atoms with E-state index in [0.29, 0.717) is 9.73 Å². The van der Waals surface area contributed by atoms with Gasteiger partial charge < -0.3 is 5.11 Å². The average molecular weight is 223 g/mol. The fourth-order valence-corrected chi connectivity index (χ4v) is 1.54. The Morgan fingerprint density at radius 1 is 1.90 bits per heavy atom. The molecular weight excluding hydrogens is 220 g/mol. The molecule has 0 bridgehead atoms. The number of carboxylic acid groups (broad SMARTS) is 1. The van der Waals surface area contributed by atoms with Crippen LogP contribution in [0.1, 0.15) is 0 Å². The van der Waals surface area contributed by atoms with Gasteiger partial charge in [-0.05, 0) is 15.9 Å². The fraction of sp³-hybridized carbons (Fsp3) is 0. The fourth-order valence-electron chi connectivity index (χ4n) is 0.403. The van der Waals surface area contributed by atoms with Crippen LogP contribution in [0.2, 0.25) is 0 Å². The molecule has 54 valence electrons. The molecule has 0 atom stereocenters. The number of aromatic nitrogens is 1. The summed E-state index contributed by atoms with van der Waals surface area (Å²) in [7, 11) is 0. The summed E-state index contributed by atoms with van der Waals surface area (Å²) in [6.07, 6.45) is -1.10. The van der Waals surface area contributed by atoms with Crippen molar-refractivity contribution in [1.82, 2.24) is 4.98 Å². The quantitative estimate of drug-likeness (QED) is 0.765. The van der Waals surface area contributed by atoms with Crippen LogP contribution in [0.3, 0.4) is 0 Å². The minimum Gasteiger partial charge on any atom is -0.465 e. The van der Waals surface area contributed by atoms with Crippen LogP contribution in [0.4, 0.5) is 9.93 Å². The predicted octanol–water partition coefficient (Wildman–Crippen LogP) is 2.00. The number of hydrogen-bond donors (Lipinski definition) is 2. The van der Waals surface area contributed by atoms with E-state index < -0.39 is 6.09 Å². The lowest BCUT2D eigenvalue weighted by atomic mass is 11.0. The molecule has 6 heteroatoms. The Labute approximate surface area is 69.0 Å². The summed E-state index contributed by atoms with van der Waals surface area (Å²) in [4.78, 5) is 13.8. The molecule has 0 radical (unpaired) electrons. The average Bonchev–Trinajstić information content (AvgIpc) is 2.13. The van der Waals surface area contributed by atoms with E-state index in [1.54, 1.807) is 5.38 Å². The smallest absolute Gasteiger partial charge is 0.410 e. The van der Waals surface area contributed by atoms with Crippen LogP contribution in [0.5, 0.6) is 0 Å². The largest absolute Gasteiger partial charge is 0.465 e. The highest BCUT2D eigenvalue weighted by molar-refractivity contribution is 9.10. The van der Waals surface area contributed by atoms with E-state index in [0.717, 1.165) is 0 Å². The zero-order valence-electron chi connectivity index (χ0n) is 4.67. The number of amides is 1. The van der Waals surface area contributed by atoms with Gasteiger partial charge in [-0.2, -0.15) is 0 Å². The molecule has 2 N–H and O–H groups in total. The van der Waals surface area contributed by atoms with E-state index in [-0.39, 0.29) is 0 Å². The number of halogens is 1. The van der Waals surface area contributed by atoms with E-state index in [4.69, 9.17) is 5.11 Å². The molecule has 0 saturated heterocycles. The van der Waals surface area contributed by atoms with Crippen LogP contribution in [-0.4, -0.2) is 16.2 Å². The molecular formula is C4H3BrN2O2S. The molecule has 1 heterocycles. The second kappa shape index (κ2) is 2.98. The second-order valence-electron chi connectivity index (χ2n) is 1.41. The number of anilines is 1. The van der Waals surface area contributed by atoms with E-state index in [9.17, 15) is 4.79 Å². The highest BCUT2D eigenvalue weighted by Gasteiger charge is 2.00. The van der Waals surface area contributed by atoms with Crippen LogP contribution in [0, 0.1) is 0 Å². The molecule has 0 aliphatic carbocycles. The molecule has 1 aromatic rings. The Balaban J connectivity index is 2.67. The molecule has 1 aromatic heterocycles. The molecule has 0 saturated carbocycles. The van der Waals surface area contributed by atoms with Gasteiger partial charge in [0.15, 0.2) is 5.13 Å². The van der Waals surface area contributed by atoms with Crippen molar-refractivity contribution in [2.24, 2.45) is 0 Å². The van der Waals surface area contributed by atoms with Crippen molar-refractivity contribution in [2.45, 2.75) is 0 Å². The van der Waals surface area contributed by atoms with E-state index in [1.165, 1.54) is 11.3 Å². The van der Waals surface area contributed by atoms with Gasteiger partial charge in [-0.25, -0.2) is 9.78 Å². The standard InChI is InChI=1S/C4H3BrN2O2S/c5-2-1-10-3(6-2)7-4(8)9/h1H,(H,6,7)(H,8,9). The van der Waals surface area contributed by atoms with Crippen molar-refractivity contribution in [3.63, 3.8) is 0 Å². The minimum absolute atomic E-state index is 0.374. The molecule has 0 aliphatic heterocycles. The first-order valence-electron chi connectivity index (χ1n) is 2.29. The highest BCUT2D eigenvalue weighted by Crippen LogP contribution is 2.18. The van der Waals surface area contributed by atoms with Gasteiger partial charge in [-0.3, -0.25) is 5.32 Å². The van der Waals surface area contributed by atoms with Gasteiger partial charge in [0.2, 0.25) is 0 Å². The Morgan fingerprint density at radius 3 is 3.00 bits per heavy atom. The number of nitrogens with one attached hydrogen (secondary N) is 1. The lowest BCUT2D eigenvalue weighted by Gasteiger charge is -1.89. The summed E-state index contributed by atoms with van der Waals surface area (Å²) in [6, 6.07) is 0. The SMILES string of the molecule is O=C(O)Nc1nc(Br)cs1. The summed E-state index contributed by atoms with van der Waals surface area (Å²) >= 11 is 4.32. The number of thiazole rings is 1. The topological polar surface area (TPSA) is 62.2 Å². The molecule has 1 rings (SSSR count). The van der Waals surface area contributed by atoms with Gasteiger partial charge in [0.05, 0.1) is 0 Å². The zero-order chi connectivity index (χ0) is 7.56.